The zero-order valence-electron chi connectivity index (χ0n) is 12.3. The van der Waals surface area contributed by atoms with E-state index >= 15 is 0 Å². The number of carboxylic acids is 1. The normalized spacial score (nSPS) is 21.2. The maximum Gasteiger partial charge on any atom is 0.335 e. The molecule has 2 rings (SSSR count). The number of carbonyl (C=O) groups excluding carboxylic acids is 1. The Balaban J connectivity index is 2.33. The molecule has 0 aliphatic carbocycles. The second-order valence-electron chi connectivity index (χ2n) is 5.31. The van der Waals surface area contributed by atoms with Gasteiger partial charge < -0.3 is 15.7 Å². The summed E-state index contributed by atoms with van der Waals surface area (Å²) in [5.41, 5.74) is 6.98. The largest absolute Gasteiger partial charge is 0.478 e. The molecule has 1 saturated heterocycles. The number of nitrogens with zero attached hydrogens (tertiary/aromatic N) is 1. The lowest BCUT2D eigenvalue weighted by Crippen LogP contribution is -2.44. The molecule has 5 nitrogen and oxygen atoms in total. The van der Waals surface area contributed by atoms with E-state index in [1.165, 1.54) is 12.1 Å². The van der Waals surface area contributed by atoms with Crippen molar-refractivity contribution in [2.75, 3.05) is 22.9 Å². The first-order valence-corrected chi connectivity index (χ1v) is 7.96. The summed E-state index contributed by atoms with van der Waals surface area (Å²) < 4.78 is -0.409. The number of nitrogens with two attached hydrogens (primary N) is 1. The quantitative estimate of drug-likeness (QED) is 0.835. The lowest BCUT2D eigenvalue weighted by molar-refractivity contribution is -0.120. The summed E-state index contributed by atoms with van der Waals surface area (Å²) >= 11 is 1.68. The van der Waals surface area contributed by atoms with Crippen molar-refractivity contribution in [1.82, 2.24) is 0 Å². The molecule has 21 heavy (non-hydrogen) atoms. The maximum atomic E-state index is 12.8. The Morgan fingerprint density at radius 1 is 1.48 bits per heavy atom. The predicted molar refractivity (Wildman–Crippen MR) is 85.9 cm³/mol. The predicted octanol–water partition coefficient (Wildman–Crippen LogP) is 2.61. The van der Waals surface area contributed by atoms with Crippen molar-refractivity contribution < 1.29 is 14.7 Å². The minimum atomic E-state index is -1.03. The van der Waals surface area contributed by atoms with Crippen LogP contribution < -0.4 is 10.6 Å². The van der Waals surface area contributed by atoms with Gasteiger partial charge in [-0.25, -0.2) is 4.79 Å². The van der Waals surface area contributed by atoms with Crippen LogP contribution in [0.4, 0.5) is 11.4 Å². The number of thioether (sulfide) groups is 1. The van der Waals surface area contributed by atoms with E-state index in [4.69, 9.17) is 10.8 Å². The van der Waals surface area contributed by atoms with Crippen molar-refractivity contribution in [3.8, 4) is 0 Å². The van der Waals surface area contributed by atoms with Crippen molar-refractivity contribution >= 4 is 35.0 Å². The fraction of sp³-hybridized carbons (Fsp3) is 0.467. The Morgan fingerprint density at radius 2 is 2.19 bits per heavy atom. The van der Waals surface area contributed by atoms with Gasteiger partial charge in [-0.3, -0.25) is 4.79 Å². The summed E-state index contributed by atoms with van der Waals surface area (Å²) in [5, 5.41) is 8.98. The van der Waals surface area contributed by atoms with Crippen LogP contribution in [0.1, 0.15) is 37.0 Å². The molecular formula is C15H20N2O3S. The SMILES string of the molecule is CCN(C(=O)C1(C)CCCS1)c1ccc(C(=O)O)cc1N. The Morgan fingerprint density at radius 3 is 2.67 bits per heavy atom. The number of benzene rings is 1. The van der Waals surface area contributed by atoms with E-state index in [0.29, 0.717) is 17.9 Å². The average molecular weight is 308 g/mol. The molecule has 0 spiro atoms. The summed E-state index contributed by atoms with van der Waals surface area (Å²) in [7, 11) is 0. The van der Waals surface area contributed by atoms with Crippen LogP contribution in [0.25, 0.3) is 0 Å². The molecule has 1 aromatic carbocycles. The zero-order valence-corrected chi connectivity index (χ0v) is 13.1. The van der Waals surface area contributed by atoms with Gasteiger partial charge in [0.25, 0.3) is 0 Å². The number of hydrogen-bond donors (Lipinski definition) is 2. The summed E-state index contributed by atoms with van der Waals surface area (Å²) in [5.74, 6) is 0.0101. The number of anilines is 2. The monoisotopic (exact) mass is 308 g/mol. The summed E-state index contributed by atoms with van der Waals surface area (Å²) in [6.45, 7) is 4.37. The summed E-state index contributed by atoms with van der Waals surface area (Å²) in [4.78, 5) is 25.4. The second-order valence-corrected chi connectivity index (χ2v) is 6.91. The van der Waals surface area contributed by atoms with Crippen LogP contribution in [0.15, 0.2) is 18.2 Å². The van der Waals surface area contributed by atoms with Gasteiger partial charge in [0.1, 0.15) is 0 Å². The van der Waals surface area contributed by atoms with Gasteiger partial charge in [0.05, 0.1) is 21.7 Å². The van der Waals surface area contributed by atoms with Crippen molar-refractivity contribution in [1.29, 1.82) is 0 Å². The fourth-order valence-corrected chi connectivity index (χ4v) is 3.85. The molecule has 1 aliphatic heterocycles. The Hall–Kier alpha value is -1.69. The molecule has 3 N–H and O–H groups in total. The Kier molecular flexibility index (Phi) is 4.46. The molecule has 1 aliphatic rings. The van der Waals surface area contributed by atoms with Gasteiger partial charge in [-0.1, -0.05) is 0 Å². The van der Waals surface area contributed by atoms with Crippen LogP contribution in [0.5, 0.6) is 0 Å². The number of rotatable bonds is 4. The van der Waals surface area contributed by atoms with Crippen molar-refractivity contribution in [3.63, 3.8) is 0 Å². The highest BCUT2D eigenvalue weighted by Crippen LogP contribution is 2.40. The Labute approximate surface area is 128 Å². The first-order valence-electron chi connectivity index (χ1n) is 6.98. The molecule has 1 amide bonds. The Bertz CT molecular complexity index is 568. The van der Waals surface area contributed by atoms with Crippen LogP contribution >= 0.6 is 11.8 Å². The third kappa shape index (κ3) is 3.00. The molecule has 0 bridgehead atoms. The van der Waals surface area contributed by atoms with Crippen LogP contribution in [0.3, 0.4) is 0 Å². The van der Waals surface area contributed by atoms with Gasteiger partial charge in [0.2, 0.25) is 5.91 Å². The first kappa shape index (κ1) is 15.7. The van der Waals surface area contributed by atoms with Gasteiger partial charge in [0.15, 0.2) is 0 Å². The van der Waals surface area contributed by atoms with Gasteiger partial charge in [-0.15, -0.1) is 11.8 Å². The maximum absolute atomic E-state index is 12.8. The van der Waals surface area contributed by atoms with E-state index in [9.17, 15) is 9.59 Å². The minimum Gasteiger partial charge on any atom is -0.478 e. The summed E-state index contributed by atoms with van der Waals surface area (Å²) in [6.07, 6.45) is 1.90. The third-order valence-corrected chi connectivity index (χ3v) is 5.31. The number of carbonyl (C=O) groups is 2. The van der Waals surface area contributed by atoms with Gasteiger partial charge in [0, 0.05) is 6.54 Å². The van der Waals surface area contributed by atoms with E-state index in [1.54, 1.807) is 22.7 Å². The molecule has 1 fully saturated rings. The highest BCUT2D eigenvalue weighted by molar-refractivity contribution is 8.01. The standard InChI is InChI=1S/C15H20N2O3S/c1-3-17(14(20)15(2)7-4-8-21-15)12-6-5-10(13(18)19)9-11(12)16/h5-6,9H,3-4,7-8,16H2,1-2H3,(H,18,19). The van der Waals surface area contributed by atoms with Crippen LogP contribution in [-0.4, -0.2) is 34.0 Å². The highest BCUT2D eigenvalue weighted by Gasteiger charge is 2.40. The van der Waals surface area contributed by atoms with Crippen LogP contribution in [0, 0.1) is 0 Å². The van der Waals surface area contributed by atoms with Crippen molar-refractivity contribution in [2.24, 2.45) is 0 Å². The lowest BCUT2D eigenvalue weighted by Gasteiger charge is -2.31. The number of amides is 1. The molecule has 1 unspecified atom stereocenters. The second kappa shape index (κ2) is 5.97. The van der Waals surface area contributed by atoms with E-state index < -0.39 is 10.7 Å². The van der Waals surface area contributed by atoms with Crippen LogP contribution in [0.2, 0.25) is 0 Å². The van der Waals surface area contributed by atoms with Gasteiger partial charge in [-0.2, -0.15) is 0 Å². The lowest BCUT2D eigenvalue weighted by atomic mass is 10.0. The van der Waals surface area contributed by atoms with Crippen LogP contribution in [-0.2, 0) is 4.79 Å². The molecule has 0 saturated carbocycles. The van der Waals surface area contributed by atoms with E-state index in [-0.39, 0.29) is 11.5 Å². The fourth-order valence-electron chi connectivity index (χ4n) is 2.59. The van der Waals surface area contributed by atoms with Gasteiger partial charge in [-0.05, 0) is 50.6 Å². The highest BCUT2D eigenvalue weighted by atomic mass is 32.2. The number of nitrogen functional groups attached to an aromatic ring is 1. The van der Waals surface area contributed by atoms with E-state index in [2.05, 4.69) is 0 Å². The number of hydrogen-bond acceptors (Lipinski definition) is 4. The topological polar surface area (TPSA) is 83.6 Å². The molecule has 6 heteroatoms. The van der Waals surface area contributed by atoms with Crippen molar-refractivity contribution in [2.45, 2.75) is 31.4 Å². The average Bonchev–Trinajstić information content (AvgIpc) is 2.89. The summed E-state index contributed by atoms with van der Waals surface area (Å²) in [6, 6.07) is 4.50. The number of carboxylic acid groups (broad SMARTS) is 1. The molecule has 0 radical (unpaired) electrons. The van der Waals surface area contributed by atoms with Gasteiger partial charge >= 0.3 is 5.97 Å². The molecular weight excluding hydrogens is 288 g/mol. The smallest absolute Gasteiger partial charge is 0.335 e. The van der Waals surface area contributed by atoms with Crippen molar-refractivity contribution in [3.05, 3.63) is 23.8 Å². The molecule has 1 heterocycles. The molecule has 114 valence electrons. The molecule has 1 atom stereocenters. The minimum absolute atomic E-state index is 0.0438. The van der Waals surface area contributed by atoms with E-state index in [0.717, 1.165) is 18.6 Å². The number of aromatic carboxylic acids is 1. The third-order valence-electron chi connectivity index (χ3n) is 3.80. The first-order chi connectivity index (χ1) is 9.89. The molecule has 0 aromatic heterocycles. The van der Waals surface area contributed by atoms with E-state index in [1.807, 2.05) is 13.8 Å². The molecule has 1 aromatic rings. The zero-order chi connectivity index (χ0) is 15.6.